The molecule has 1 aromatic heterocycles. The van der Waals surface area contributed by atoms with Gasteiger partial charge in [-0.15, -0.1) is 0 Å². The number of carbonyl (C=O) groups is 3. The van der Waals surface area contributed by atoms with E-state index in [0.717, 1.165) is 6.20 Å². The number of hydrogen-bond donors (Lipinski definition) is 2. The summed E-state index contributed by atoms with van der Waals surface area (Å²) in [7, 11) is 1.67. The molecule has 0 radical (unpaired) electrons. The van der Waals surface area contributed by atoms with E-state index in [-0.39, 0.29) is 17.2 Å². The van der Waals surface area contributed by atoms with Gasteiger partial charge in [0, 0.05) is 19.8 Å². The van der Waals surface area contributed by atoms with E-state index in [1.165, 1.54) is 12.1 Å². The zero-order valence-electron chi connectivity index (χ0n) is 10.3. The smallest absolute Gasteiger partial charge is 0.337 e. The van der Waals surface area contributed by atoms with Crippen molar-refractivity contribution in [1.82, 2.24) is 15.2 Å². The van der Waals surface area contributed by atoms with E-state index < -0.39 is 17.9 Å². The van der Waals surface area contributed by atoms with Crippen LogP contribution in [-0.4, -0.2) is 52.4 Å². The molecule has 0 bridgehead atoms. The van der Waals surface area contributed by atoms with Gasteiger partial charge in [-0.05, 0) is 18.6 Å². The summed E-state index contributed by atoms with van der Waals surface area (Å²) in [6, 6.07) is 2.09. The maximum Gasteiger partial charge on any atom is 0.337 e. The second-order valence-corrected chi connectivity index (χ2v) is 4.31. The highest BCUT2D eigenvalue weighted by Crippen LogP contribution is 2.09. The highest BCUT2D eigenvalue weighted by molar-refractivity contribution is 5.97. The zero-order valence-corrected chi connectivity index (χ0v) is 10.3. The molecule has 19 heavy (non-hydrogen) atoms. The number of likely N-dealkylation sites (N-methyl/N-ethyl adjacent to an activating group) is 1. The second-order valence-electron chi connectivity index (χ2n) is 4.31. The van der Waals surface area contributed by atoms with Crippen LogP contribution in [0.5, 0.6) is 0 Å². The topological polar surface area (TPSA) is 99.6 Å². The van der Waals surface area contributed by atoms with Crippen LogP contribution in [0, 0.1) is 0 Å². The molecule has 1 fully saturated rings. The van der Waals surface area contributed by atoms with Crippen LogP contribution in [0.2, 0.25) is 0 Å². The summed E-state index contributed by atoms with van der Waals surface area (Å²) in [6.07, 6.45) is 1.67. The van der Waals surface area contributed by atoms with E-state index in [2.05, 4.69) is 10.3 Å². The molecule has 0 aliphatic carbocycles. The molecule has 2 amide bonds. The Morgan fingerprint density at radius 3 is 2.68 bits per heavy atom. The normalized spacial score (nSPS) is 18.5. The van der Waals surface area contributed by atoms with Gasteiger partial charge in [-0.1, -0.05) is 0 Å². The van der Waals surface area contributed by atoms with Crippen LogP contribution in [0.25, 0.3) is 0 Å². The second kappa shape index (κ2) is 5.05. The van der Waals surface area contributed by atoms with Gasteiger partial charge in [0.2, 0.25) is 5.91 Å². The first kappa shape index (κ1) is 13.0. The minimum atomic E-state index is -1.10. The van der Waals surface area contributed by atoms with Crippen molar-refractivity contribution < 1.29 is 19.5 Å². The molecular weight excluding hydrogens is 250 g/mol. The molecule has 1 atom stereocenters. The number of carboxylic acid groups (broad SMARTS) is 1. The van der Waals surface area contributed by atoms with Crippen LogP contribution in [0.1, 0.15) is 27.3 Å². The number of rotatable bonds is 3. The molecule has 0 saturated carbocycles. The first-order chi connectivity index (χ1) is 8.99. The number of carboxylic acids is 1. The van der Waals surface area contributed by atoms with Gasteiger partial charge in [0.1, 0.15) is 11.7 Å². The van der Waals surface area contributed by atoms with E-state index in [0.29, 0.717) is 13.0 Å². The van der Waals surface area contributed by atoms with Crippen molar-refractivity contribution in [3.8, 4) is 0 Å². The molecule has 1 saturated heterocycles. The molecule has 1 aromatic rings. The van der Waals surface area contributed by atoms with Crippen LogP contribution in [0.4, 0.5) is 0 Å². The van der Waals surface area contributed by atoms with Crippen LogP contribution < -0.4 is 5.32 Å². The lowest BCUT2D eigenvalue weighted by Crippen LogP contribution is -2.40. The van der Waals surface area contributed by atoms with Crippen molar-refractivity contribution in [3.05, 3.63) is 29.6 Å². The Hall–Kier alpha value is -2.44. The number of aromatic nitrogens is 1. The molecule has 100 valence electrons. The minimum absolute atomic E-state index is 0.00762. The van der Waals surface area contributed by atoms with E-state index in [4.69, 9.17) is 5.11 Å². The van der Waals surface area contributed by atoms with Crippen LogP contribution in [-0.2, 0) is 4.79 Å². The van der Waals surface area contributed by atoms with Crippen molar-refractivity contribution in [2.45, 2.75) is 12.5 Å². The van der Waals surface area contributed by atoms with Gasteiger partial charge >= 0.3 is 5.97 Å². The molecule has 0 aromatic carbocycles. The monoisotopic (exact) mass is 263 g/mol. The van der Waals surface area contributed by atoms with Crippen LogP contribution in [0.3, 0.4) is 0 Å². The summed E-state index contributed by atoms with van der Waals surface area (Å²) in [5, 5.41) is 11.3. The predicted molar refractivity (Wildman–Crippen MR) is 64.7 cm³/mol. The SMILES string of the molecule is CN1CCC(NC(=O)c2ccc(C(=O)O)cn2)C1=O. The largest absolute Gasteiger partial charge is 0.478 e. The van der Waals surface area contributed by atoms with Gasteiger partial charge in [-0.3, -0.25) is 14.6 Å². The van der Waals surface area contributed by atoms with Crippen LogP contribution >= 0.6 is 0 Å². The molecule has 2 N–H and O–H groups in total. The fourth-order valence-electron chi connectivity index (χ4n) is 1.84. The summed E-state index contributed by atoms with van der Waals surface area (Å²) in [6.45, 7) is 0.606. The lowest BCUT2D eigenvalue weighted by atomic mass is 10.2. The van der Waals surface area contributed by atoms with Crippen LogP contribution in [0.15, 0.2) is 18.3 Å². The Bertz CT molecular complexity index is 526. The average Bonchev–Trinajstić information content (AvgIpc) is 2.71. The molecule has 1 aliphatic rings. The Morgan fingerprint density at radius 2 is 2.21 bits per heavy atom. The third-order valence-electron chi connectivity index (χ3n) is 2.98. The molecular formula is C12H13N3O4. The summed E-state index contributed by atoms with van der Waals surface area (Å²) in [4.78, 5) is 39.4. The fraction of sp³-hybridized carbons (Fsp3) is 0.333. The Balaban J connectivity index is 2.04. The number of hydrogen-bond acceptors (Lipinski definition) is 4. The van der Waals surface area contributed by atoms with Crippen molar-refractivity contribution >= 4 is 17.8 Å². The highest BCUT2D eigenvalue weighted by atomic mass is 16.4. The first-order valence-corrected chi connectivity index (χ1v) is 5.74. The maximum absolute atomic E-state index is 11.8. The molecule has 0 spiro atoms. The van der Waals surface area contributed by atoms with Gasteiger partial charge in [0.15, 0.2) is 0 Å². The minimum Gasteiger partial charge on any atom is -0.478 e. The van der Waals surface area contributed by atoms with Gasteiger partial charge < -0.3 is 15.3 Å². The van der Waals surface area contributed by atoms with Gasteiger partial charge in [0.25, 0.3) is 5.91 Å². The number of amides is 2. The summed E-state index contributed by atoms with van der Waals surface area (Å²) in [5.41, 5.74) is 0.0978. The number of nitrogens with one attached hydrogen (secondary N) is 1. The number of nitrogens with zero attached hydrogens (tertiary/aromatic N) is 2. The number of carbonyl (C=O) groups excluding carboxylic acids is 2. The molecule has 1 aliphatic heterocycles. The number of likely N-dealkylation sites (tertiary alicyclic amines) is 1. The Morgan fingerprint density at radius 1 is 1.47 bits per heavy atom. The van der Waals surface area contributed by atoms with E-state index >= 15 is 0 Å². The third kappa shape index (κ3) is 2.70. The van der Waals surface area contributed by atoms with E-state index in [1.807, 2.05) is 0 Å². The zero-order chi connectivity index (χ0) is 14.0. The lowest BCUT2D eigenvalue weighted by Gasteiger charge is -2.11. The lowest BCUT2D eigenvalue weighted by molar-refractivity contribution is -0.128. The molecule has 7 heteroatoms. The average molecular weight is 263 g/mol. The number of pyridine rings is 1. The van der Waals surface area contributed by atoms with E-state index in [1.54, 1.807) is 11.9 Å². The predicted octanol–water partition coefficient (Wildman–Crippen LogP) is -0.260. The fourth-order valence-corrected chi connectivity index (χ4v) is 1.84. The number of aromatic carboxylic acids is 1. The Kier molecular flexibility index (Phi) is 3.46. The summed E-state index contributed by atoms with van der Waals surface area (Å²) < 4.78 is 0. The van der Waals surface area contributed by atoms with Crippen molar-refractivity contribution in [2.75, 3.05) is 13.6 Å². The summed E-state index contributed by atoms with van der Waals surface area (Å²) >= 11 is 0. The molecule has 2 heterocycles. The van der Waals surface area contributed by atoms with E-state index in [9.17, 15) is 14.4 Å². The highest BCUT2D eigenvalue weighted by Gasteiger charge is 2.30. The first-order valence-electron chi connectivity index (χ1n) is 5.74. The summed E-state index contributed by atoms with van der Waals surface area (Å²) in [5.74, 6) is -1.71. The van der Waals surface area contributed by atoms with Gasteiger partial charge in [-0.2, -0.15) is 0 Å². The van der Waals surface area contributed by atoms with Crippen molar-refractivity contribution in [2.24, 2.45) is 0 Å². The van der Waals surface area contributed by atoms with Gasteiger partial charge in [-0.25, -0.2) is 4.79 Å². The molecule has 7 nitrogen and oxygen atoms in total. The van der Waals surface area contributed by atoms with Crippen molar-refractivity contribution in [1.29, 1.82) is 0 Å². The van der Waals surface area contributed by atoms with Gasteiger partial charge in [0.05, 0.1) is 5.56 Å². The molecule has 1 unspecified atom stereocenters. The maximum atomic E-state index is 11.8. The quantitative estimate of drug-likeness (QED) is 0.782. The van der Waals surface area contributed by atoms with Crippen molar-refractivity contribution in [3.63, 3.8) is 0 Å². The molecule has 2 rings (SSSR count). The Labute approximate surface area is 109 Å². The standard InChI is InChI=1S/C12H13N3O4/c1-15-5-4-9(11(15)17)14-10(16)8-3-2-7(6-13-8)12(18)19/h2-3,6,9H,4-5H2,1H3,(H,14,16)(H,18,19). The third-order valence-corrected chi connectivity index (χ3v) is 2.98.